The summed E-state index contributed by atoms with van der Waals surface area (Å²) in [4.78, 5) is 20.7. The van der Waals surface area contributed by atoms with E-state index in [2.05, 4.69) is 0 Å². The molecule has 0 spiro atoms. The zero-order valence-corrected chi connectivity index (χ0v) is 14.5. The number of nitro benzene ring substituents is 2. The lowest BCUT2D eigenvalue weighted by Gasteiger charge is -2.12. The summed E-state index contributed by atoms with van der Waals surface area (Å²) in [5.74, 6) is -0.358. The van der Waals surface area contributed by atoms with E-state index < -0.39 is 21.2 Å². The molecule has 2 aromatic carbocycles. The molecule has 12 heteroatoms. The van der Waals surface area contributed by atoms with Gasteiger partial charge in [0.25, 0.3) is 0 Å². The monoisotopic (exact) mass is 402 g/mol. The number of halogens is 2. The molecule has 0 saturated heterocycles. The van der Waals surface area contributed by atoms with Crippen LogP contribution in [0.3, 0.4) is 0 Å². The van der Waals surface area contributed by atoms with Crippen molar-refractivity contribution in [3.63, 3.8) is 0 Å². The van der Waals surface area contributed by atoms with E-state index in [-0.39, 0.29) is 46.1 Å². The van der Waals surface area contributed by atoms with Gasteiger partial charge in [-0.15, -0.1) is 0 Å². The van der Waals surface area contributed by atoms with E-state index in [1.54, 1.807) is 0 Å². The van der Waals surface area contributed by atoms with Gasteiger partial charge in [-0.25, -0.2) is 0 Å². The van der Waals surface area contributed by atoms with E-state index in [0.717, 1.165) is 12.1 Å². The summed E-state index contributed by atoms with van der Waals surface area (Å²) < 4.78 is 10.6. The third-order valence-electron chi connectivity index (χ3n) is 3.10. The van der Waals surface area contributed by atoms with Gasteiger partial charge >= 0.3 is 11.4 Å². The quantitative estimate of drug-likeness (QED) is 0.308. The molecule has 0 atom stereocenters. The zero-order valence-electron chi connectivity index (χ0n) is 13.0. The predicted octanol–water partition coefficient (Wildman–Crippen LogP) is 3.43. The minimum absolute atomic E-state index is 0.0267. The van der Waals surface area contributed by atoms with Crippen LogP contribution in [0.25, 0.3) is 0 Å². The molecule has 0 heterocycles. The molecule has 2 aromatic rings. The van der Waals surface area contributed by atoms with Crippen LogP contribution in [0.4, 0.5) is 22.7 Å². The molecule has 0 radical (unpaired) electrons. The molecule has 0 saturated carbocycles. The molecule has 0 bridgehead atoms. The molecule has 4 N–H and O–H groups in total. The second-order valence-electron chi connectivity index (χ2n) is 4.90. The summed E-state index contributed by atoms with van der Waals surface area (Å²) in [5.41, 5.74) is 10.5. The molecule has 0 fully saturated rings. The Morgan fingerprint density at radius 3 is 1.46 bits per heavy atom. The van der Waals surface area contributed by atoms with Crippen molar-refractivity contribution >= 4 is 46.0 Å². The molecular formula is C14H12Cl2N4O6. The van der Waals surface area contributed by atoms with Gasteiger partial charge in [0.2, 0.25) is 11.5 Å². The number of hydrogen-bond acceptors (Lipinski definition) is 8. The Morgan fingerprint density at radius 2 is 1.15 bits per heavy atom. The first-order valence-electron chi connectivity index (χ1n) is 6.93. The molecular weight excluding hydrogens is 391 g/mol. The highest BCUT2D eigenvalue weighted by atomic mass is 35.5. The highest BCUT2D eigenvalue weighted by Crippen LogP contribution is 2.37. The first-order chi connectivity index (χ1) is 12.2. The maximum absolute atomic E-state index is 11.1. The molecule has 138 valence electrons. The Morgan fingerprint density at radius 1 is 0.808 bits per heavy atom. The molecule has 0 aliphatic heterocycles. The smallest absolute Gasteiger partial charge is 0.314 e. The normalized spacial score (nSPS) is 10.4. The summed E-state index contributed by atoms with van der Waals surface area (Å²) in [6.45, 7) is -0.377. The highest BCUT2D eigenvalue weighted by Gasteiger charge is 2.22. The Hall–Kier alpha value is -2.98. The van der Waals surface area contributed by atoms with Crippen molar-refractivity contribution in [1.82, 2.24) is 0 Å². The lowest BCUT2D eigenvalue weighted by molar-refractivity contribution is -0.386. The van der Waals surface area contributed by atoms with E-state index in [9.17, 15) is 20.2 Å². The van der Waals surface area contributed by atoms with Gasteiger partial charge in [0.15, 0.2) is 0 Å². The minimum Gasteiger partial charge on any atom is -0.482 e. The van der Waals surface area contributed by atoms with Crippen molar-refractivity contribution < 1.29 is 19.3 Å². The van der Waals surface area contributed by atoms with Crippen molar-refractivity contribution in [2.45, 2.75) is 0 Å². The Bertz CT molecular complexity index is 806. The van der Waals surface area contributed by atoms with Crippen LogP contribution in [0.1, 0.15) is 0 Å². The fourth-order valence-corrected chi connectivity index (χ4v) is 2.51. The summed E-state index contributed by atoms with van der Waals surface area (Å²) in [7, 11) is 0. The van der Waals surface area contributed by atoms with Gasteiger partial charge in [0.05, 0.1) is 21.2 Å². The molecule has 10 nitrogen and oxygen atoms in total. The number of nitrogens with zero attached hydrogens (tertiary/aromatic N) is 2. The van der Waals surface area contributed by atoms with Gasteiger partial charge in [-0.2, -0.15) is 0 Å². The van der Waals surface area contributed by atoms with Crippen LogP contribution in [0, 0.1) is 20.2 Å². The van der Waals surface area contributed by atoms with Crippen LogP contribution in [0.2, 0.25) is 10.0 Å². The third kappa shape index (κ3) is 4.35. The summed E-state index contributed by atoms with van der Waals surface area (Å²) in [5, 5.41) is 22.3. The number of benzene rings is 2. The van der Waals surface area contributed by atoms with Crippen molar-refractivity contribution in [1.29, 1.82) is 0 Å². The van der Waals surface area contributed by atoms with Crippen molar-refractivity contribution in [3.05, 3.63) is 54.5 Å². The van der Waals surface area contributed by atoms with Crippen LogP contribution in [0.15, 0.2) is 24.3 Å². The molecule has 0 unspecified atom stereocenters. The summed E-state index contributed by atoms with van der Waals surface area (Å²) in [6, 6.07) is 4.78. The van der Waals surface area contributed by atoms with E-state index in [1.807, 2.05) is 0 Å². The van der Waals surface area contributed by atoms with Gasteiger partial charge in [-0.3, -0.25) is 20.2 Å². The zero-order chi connectivity index (χ0) is 19.4. The van der Waals surface area contributed by atoms with E-state index >= 15 is 0 Å². The largest absolute Gasteiger partial charge is 0.482 e. The maximum Gasteiger partial charge on any atom is 0.314 e. The number of anilines is 2. The fraction of sp³-hybridized carbons (Fsp3) is 0.143. The summed E-state index contributed by atoms with van der Waals surface area (Å²) >= 11 is 11.5. The van der Waals surface area contributed by atoms with Crippen LogP contribution in [0.5, 0.6) is 11.5 Å². The Labute approximate surface area is 156 Å². The SMILES string of the molecule is Nc1cc(Cl)cc([N+](=O)[O-])c1OCCOc1c(N)cc(Cl)cc1[N+](=O)[O-]. The lowest BCUT2D eigenvalue weighted by atomic mass is 10.2. The van der Waals surface area contributed by atoms with Crippen LogP contribution in [-0.2, 0) is 0 Å². The van der Waals surface area contributed by atoms with Crippen molar-refractivity contribution in [2.75, 3.05) is 24.7 Å². The van der Waals surface area contributed by atoms with Gasteiger partial charge in [-0.05, 0) is 12.1 Å². The van der Waals surface area contributed by atoms with Gasteiger partial charge in [0.1, 0.15) is 13.2 Å². The van der Waals surface area contributed by atoms with Crippen molar-refractivity contribution in [3.8, 4) is 11.5 Å². The standard InChI is InChI=1S/C14H12Cl2N4O6/c15-7-3-9(17)13(11(5-7)19(21)22)25-1-2-26-14-10(18)4-8(16)6-12(14)20(23)24/h3-6H,1-2,17-18H2. The maximum atomic E-state index is 11.1. The first kappa shape index (κ1) is 19.3. The molecule has 0 aromatic heterocycles. The average Bonchev–Trinajstić information content (AvgIpc) is 2.53. The first-order valence-corrected chi connectivity index (χ1v) is 7.68. The number of ether oxygens (including phenoxy) is 2. The Balaban J connectivity index is 2.11. The molecule has 0 aliphatic carbocycles. The van der Waals surface area contributed by atoms with Gasteiger partial charge in [0, 0.05) is 22.2 Å². The predicted molar refractivity (Wildman–Crippen MR) is 96.0 cm³/mol. The molecule has 0 aliphatic rings. The Kier molecular flexibility index (Phi) is 5.90. The number of hydrogen-bond donors (Lipinski definition) is 2. The minimum atomic E-state index is -0.694. The highest BCUT2D eigenvalue weighted by molar-refractivity contribution is 6.31. The van der Waals surface area contributed by atoms with E-state index in [1.165, 1.54) is 12.1 Å². The third-order valence-corrected chi connectivity index (χ3v) is 3.53. The van der Waals surface area contributed by atoms with Crippen molar-refractivity contribution in [2.24, 2.45) is 0 Å². The average molecular weight is 403 g/mol. The second kappa shape index (κ2) is 7.93. The molecule has 0 amide bonds. The number of nitro groups is 2. The lowest BCUT2D eigenvalue weighted by Crippen LogP contribution is -2.12. The number of nitrogens with two attached hydrogens (primary N) is 2. The fourth-order valence-electron chi connectivity index (χ4n) is 2.07. The summed E-state index contributed by atoms with van der Waals surface area (Å²) in [6.07, 6.45) is 0. The topological polar surface area (TPSA) is 157 Å². The van der Waals surface area contributed by atoms with E-state index in [0.29, 0.717) is 0 Å². The number of rotatable bonds is 7. The number of nitrogen functional groups attached to an aromatic ring is 2. The van der Waals surface area contributed by atoms with Crippen LogP contribution in [-0.4, -0.2) is 23.1 Å². The van der Waals surface area contributed by atoms with Gasteiger partial charge in [-0.1, -0.05) is 23.2 Å². The van der Waals surface area contributed by atoms with Crippen LogP contribution < -0.4 is 20.9 Å². The van der Waals surface area contributed by atoms with Crippen LogP contribution >= 0.6 is 23.2 Å². The second-order valence-corrected chi connectivity index (χ2v) is 5.77. The molecule has 2 rings (SSSR count). The van der Waals surface area contributed by atoms with E-state index in [4.69, 9.17) is 44.1 Å². The molecule has 26 heavy (non-hydrogen) atoms. The van der Waals surface area contributed by atoms with Gasteiger partial charge < -0.3 is 20.9 Å².